The second-order valence-electron chi connectivity index (χ2n) is 6.05. The minimum atomic E-state index is -3.58. The Hall–Kier alpha value is -1.17. The zero-order valence-electron chi connectivity index (χ0n) is 13.8. The Morgan fingerprint density at radius 1 is 1.23 bits per heavy atom. The fraction of sp³-hybridized carbons (Fsp3) is 0.857. The Morgan fingerprint density at radius 3 is 2.41 bits per heavy atom. The lowest BCUT2D eigenvalue weighted by Crippen LogP contribution is -2.45. The van der Waals surface area contributed by atoms with Gasteiger partial charge in [-0.15, -0.1) is 0 Å². The van der Waals surface area contributed by atoms with Gasteiger partial charge >= 0.3 is 0 Å². The van der Waals surface area contributed by atoms with E-state index >= 15 is 0 Å². The van der Waals surface area contributed by atoms with Crippen molar-refractivity contribution in [2.24, 2.45) is 11.8 Å². The van der Waals surface area contributed by atoms with Crippen LogP contribution in [0.1, 0.15) is 27.2 Å². The number of carbonyl (C=O) groups excluding carboxylic acids is 1. The lowest BCUT2D eigenvalue weighted by molar-refractivity contribution is -0.134. The number of hydrogen-bond acceptors (Lipinski definition) is 4. The Labute approximate surface area is 133 Å². The molecule has 0 aromatic heterocycles. The molecule has 0 aliphatic carbocycles. The molecule has 1 aliphatic rings. The van der Waals surface area contributed by atoms with Crippen LogP contribution in [0.15, 0.2) is 0 Å². The monoisotopic (exact) mass is 330 g/mol. The van der Waals surface area contributed by atoms with Crippen LogP contribution in [0.3, 0.4) is 0 Å². The van der Waals surface area contributed by atoms with Crippen LogP contribution in [-0.2, 0) is 15.0 Å². The molecule has 0 saturated carbocycles. The lowest BCUT2D eigenvalue weighted by atomic mass is 10.2. The standard InChI is InChI=1S/C14H26N4O3S/c1-12(2)14(19)17-6-5-7-18(9-8-17)22(20,21)16(4)11-13(3)10-15/h12-13H,5-9,11H2,1-4H3/t13-/m0/s1. The van der Waals surface area contributed by atoms with Crippen molar-refractivity contribution in [2.45, 2.75) is 27.2 Å². The lowest BCUT2D eigenvalue weighted by Gasteiger charge is -2.27. The molecule has 8 heteroatoms. The van der Waals surface area contributed by atoms with Gasteiger partial charge in [0.2, 0.25) is 5.91 Å². The van der Waals surface area contributed by atoms with Crippen LogP contribution in [0.5, 0.6) is 0 Å². The molecule has 0 radical (unpaired) electrons. The number of nitriles is 1. The molecule has 1 saturated heterocycles. The normalized spacial score (nSPS) is 19.0. The highest BCUT2D eigenvalue weighted by molar-refractivity contribution is 7.86. The van der Waals surface area contributed by atoms with Gasteiger partial charge in [0.1, 0.15) is 0 Å². The molecule has 1 rings (SSSR count). The van der Waals surface area contributed by atoms with E-state index in [1.54, 1.807) is 11.8 Å². The Kier molecular flexibility index (Phi) is 6.78. The van der Waals surface area contributed by atoms with Crippen molar-refractivity contribution >= 4 is 16.1 Å². The molecular formula is C14H26N4O3S. The van der Waals surface area contributed by atoms with E-state index in [1.165, 1.54) is 15.7 Å². The average molecular weight is 330 g/mol. The second-order valence-corrected chi connectivity index (χ2v) is 8.09. The van der Waals surface area contributed by atoms with Gasteiger partial charge in [0, 0.05) is 45.7 Å². The van der Waals surface area contributed by atoms with E-state index in [2.05, 4.69) is 0 Å². The largest absolute Gasteiger partial charge is 0.341 e. The highest BCUT2D eigenvalue weighted by Gasteiger charge is 2.30. The summed E-state index contributed by atoms with van der Waals surface area (Å²) in [5.74, 6) is -0.376. The smallest absolute Gasteiger partial charge is 0.281 e. The predicted octanol–water partition coefficient (Wildman–Crippen LogP) is 0.513. The first-order valence-corrected chi connectivity index (χ1v) is 8.99. The molecule has 0 N–H and O–H groups in total. The minimum absolute atomic E-state index is 0.0608. The van der Waals surface area contributed by atoms with Crippen LogP contribution in [0.4, 0.5) is 0 Å². The van der Waals surface area contributed by atoms with Crippen LogP contribution in [0.2, 0.25) is 0 Å². The van der Waals surface area contributed by atoms with Crippen molar-refractivity contribution in [3.63, 3.8) is 0 Å². The number of amides is 1. The molecule has 0 bridgehead atoms. The summed E-state index contributed by atoms with van der Waals surface area (Å²) in [5.41, 5.74) is 0. The quantitative estimate of drug-likeness (QED) is 0.735. The molecule has 0 spiro atoms. The third-order valence-electron chi connectivity index (χ3n) is 3.73. The fourth-order valence-corrected chi connectivity index (χ4v) is 3.91. The summed E-state index contributed by atoms with van der Waals surface area (Å²) in [6.07, 6.45) is 0.624. The van der Waals surface area contributed by atoms with Gasteiger partial charge in [-0.3, -0.25) is 4.79 Å². The molecule has 0 aromatic rings. The first-order valence-electron chi connectivity index (χ1n) is 7.60. The predicted molar refractivity (Wildman–Crippen MR) is 83.9 cm³/mol. The van der Waals surface area contributed by atoms with Crippen LogP contribution in [0, 0.1) is 23.2 Å². The molecule has 0 unspecified atom stereocenters. The molecule has 1 fully saturated rings. The highest BCUT2D eigenvalue weighted by Crippen LogP contribution is 2.14. The van der Waals surface area contributed by atoms with E-state index < -0.39 is 10.2 Å². The summed E-state index contributed by atoms with van der Waals surface area (Å²) < 4.78 is 27.7. The summed E-state index contributed by atoms with van der Waals surface area (Å²) in [4.78, 5) is 13.8. The summed E-state index contributed by atoms with van der Waals surface area (Å²) in [6, 6.07) is 2.04. The van der Waals surface area contributed by atoms with Crippen molar-refractivity contribution in [1.29, 1.82) is 5.26 Å². The summed E-state index contributed by atoms with van der Waals surface area (Å²) in [5, 5.41) is 8.82. The Bertz CT molecular complexity index is 527. The number of rotatable bonds is 5. The molecule has 1 amide bonds. The van der Waals surface area contributed by atoms with Crippen molar-refractivity contribution in [3.8, 4) is 6.07 Å². The van der Waals surface area contributed by atoms with Gasteiger partial charge in [0.25, 0.3) is 10.2 Å². The van der Waals surface area contributed by atoms with E-state index in [-0.39, 0.29) is 24.3 Å². The van der Waals surface area contributed by atoms with Crippen LogP contribution in [-0.4, -0.2) is 67.6 Å². The minimum Gasteiger partial charge on any atom is -0.341 e. The number of nitrogens with zero attached hydrogens (tertiary/aromatic N) is 4. The average Bonchev–Trinajstić information content (AvgIpc) is 2.72. The molecule has 126 valence electrons. The number of hydrogen-bond donors (Lipinski definition) is 0. The van der Waals surface area contributed by atoms with E-state index in [9.17, 15) is 13.2 Å². The maximum Gasteiger partial charge on any atom is 0.281 e. The third kappa shape index (κ3) is 4.66. The van der Waals surface area contributed by atoms with Gasteiger partial charge in [0.15, 0.2) is 0 Å². The van der Waals surface area contributed by atoms with Crippen molar-refractivity contribution in [2.75, 3.05) is 39.8 Å². The van der Waals surface area contributed by atoms with E-state index in [0.717, 1.165) is 0 Å². The van der Waals surface area contributed by atoms with Crippen LogP contribution >= 0.6 is 0 Å². The van der Waals surface area contributed by atoms with Gasteiger partial charge in [-0.1, -0.05) is 13.8 Å². The van der Waals surface area contributed by atoms with Crippen LogP contribution in [0.25, 0.3) is 0 Å². The molecular weight excluding hydrogens is 304 g/mol. The molecule has 1 aliphatic heterocycles. The Balaban J connectivity index is 2.74. The second kappa shape index (κ2) is 7.90. The van der Waals surface area contributed by atoms with E-state index in [1.807, 2.05) is 19.9 Å². The van der Waals surface area contributed by atoms with E-state index in [4.69, 9.17) is 5.26 Å². The fourth-order valence-electron chi connectivity index (χ4n) is 2.43. The first-order chi connectivity index (χ1) is 10.2. The molecule has 22 heavy (non-hydrogen) atoms. The Morgan fingerprint density at radius 2 is 1.86 bits per heavy atom. The molecule has 1 atom stereocenters. The topological polar surface area (TPSA) is 84.7 Å². The number of carbonyl (C=O) groups is 1. The zero-order chi connectivity index (χ0) is 16.9. The molecule has 0 aromatic carbocycles. The van der Waals surface area contributed by atoms with Crippen molar-refractivity contribution in [1.82, 2.24) is 13.5 Å². The van der Waals surface area contributed by atoms with Crippen molar-refractivity contribution in [3.05, 3.63) is 0 Å². The van der Waals surface area contributed by atoms with Gasteiger partial charge in [0.05, 0.1) is 12.0 Å². The first kappa shape index (κ1) is 18.9. The summed E-state index contributed by atoms with van der Waals surface area (Å²) in [7, 11) is -2.09. The van der Waals surface area contributed by atoms with Crippen molar-refractivity contribution < 1.29 is 13.2 Å². The third-order valence-corrected chi connectivity index (χ3v) is 5.69. The molecule has 1 heterocycles. The van der Waals surface area contributed by atoms with Gasteiger partial charge < -0.3 is 4.90 Å². The van der Waals surface area contributed by atoms with Gasteiger partial charge in [-0.05, 0) is 13.3 Å². The maximum absolute atomic E-state index is 12.5. The van der Waals surface area contributed by atoms with E-state index in [0.29, 0.717) is 32.6 Å². The summed E-state index contributed by atoms with van der Waals surface area (Å²) >= 11 is 0. The SMILES string of the molecule is CC(C)C(=O)N1CCCN(S(=O)(=O)N(C)C[C@@H](C)C#N)CC1. The molecule has 7 nitrogen and oxygen atoms in total. The van der Waals surface area contributed by atoms with Gasteiger partial charge in [-0.25, -0.2) is 0 Å². The van der Waals surface area contributed by atoms with Crippen LogP contribution < -0.4 is 0 Å². The maximum atomic E-state index is 12.5. The van der Waals surface area contributed by atoms with Gasteiger partial charge in [-0.2, -0.15) is 22.3 Å². The summed E-state index contributed by atoms with van der Waals surface area (Å²) in [6.45, 7) is 7.25. The zero-order valence-corrected chi connectivity index (χ0v) is 14.6. The highest BCUT2D eigenvalue weighted by atomic mass is 32.2.